The lowest BCUT2D eigenvalue weighted by molar-refractivity contribution is -0.136. The Hall–Kier alpha value is -4.81. The first-order valence-electron chi connectivity index (χ1n) is 11.3. The van der Waals surface area contributed by atoms with Crippen LogP contribution in [0.3, 0.4) is 0 Å². The summed E-state index contributed by atoms with van der Waals surface area (Å²) < 4.78 is 5.12. The van der Waals surface area contributed by atoms with Crippen LogP contribution in [-0.2, 0) is 29.7 Å². The summed E-state index contributed by atoms with van der Waals surface area (Å²) in [7, 11) is 1.90. The number of hydrogen-bond acceptors (Lipinski definition) is 7. The third kappa shape index (κ3) is 3.52. The maximum atomic E-state index is 12.9. The van der Waals surface area contributed by atoms with Crippen molar-refractivity contribution >= 4 is 29.3 Å². The van der Waals surface area contributed by atoms with E-state index in [0.29, 0.717) is 17.7 Å². The van der Waals surface area contributed by atoms with Gasteiger partial charge in [-0.3, -0.25) is 24.5 Å². The van der Waals surface area contributed by atoms with E-state index in [1.165, 1.54) is 15.8 Å². The van der Waals surface area contributed by atoms with Crippen LogP contribution in [-0.4, -0.2) is 63.7 Å². The molecule has 1 unspecified atom stereocenters. The number of nitrogens with one attached hydrogen (secondary N) is 2. The normalized spacial score (nSPS) is 17.5. The topological polar surface area (TPSA) is 149 Å². The highest BCUT2D eigenvalue weighted by molar-refractivity contribution is 6.05. The predicted molar refractivity (Wildman–Crippen MR) is 123 cm³/mol. The number of imidazole rings is 1. The van der Waals surface area contributed by atoms with Crippen molar-refractivity contribution in [3.8, 4) is 5.69 Å². The van der Waals surface area contributed by atoms with Crippen molar-refractivity contribution in [3.05, 3.63) is 65.4 Å². The van der Waals surface area contributed by atoms with Crippen LogP contribution in [0.4, 0.5) is 0 Å². The van der Waals surface area contributed by atoms with Crippen molar-refractivity contribution in [2.75, 3.05) is 0 Å². The zero-order chi connectivity index (χ0) is 25.0. The van der Waals surface area contributed by atoms with E-state index in [0.717, 1.165) is 16.8 Å². The van der Waals surface area contributed by atoms with Crippen LogP contribution in [0.15, 0.2) is 43.0 Å². The number of piperidine rings is 1. The Morgan fingerprint density at radius 3 is 2.92 bits per heavy atom. The van der Waals surface area contributed by atoms with Gasteiger partial charge in [-0.25, -0.2) is 9.20 Å². The molecule has 3 aromatic heterocycles. The summed E-state index contributed by atoms with van der Waals surface area (Å²) in [4.78, 5) is 50.7. The van der Waals surface area contributed by atoms with Gasteiger partial charge in [0.15, 0.2) is 5.69 Å². The van der Waals surface area contributed by atoms with Crippen LogP contribution in [0.1, 0.15) is 44.8 Å². The summed E-state index contributed by atoms with van der Waals surface area (Å²) >= 11 is 0. The average molecular weight is 487 g/mol. The van der Waals surface area contributed by atoms with E-state index in [4.69, 9.17) is 0 Å². The predicted octanol–water partition coefficient (Wildman–Crippen LogP) is -0.0555. The van der Waals surface area contributed by atoms with Crippen molar-refractivity contribution in [2.24, 2.45) is 7.05 Å². The molecule has 0 spiro atoms. The molecule has 1 atom stereocenters. The standard InChI is InChI=1S/C23H21N9O4/c1-29-6-7-31-22(29)14(10-25-31)9-24-20(34)17-12-32(28-27-17)15-2-3-16-13(8-15)11-30(23(16)36)18-4-5-19(33)26-21(18)35/h2-3,6-8,10,12,18H,4-5,9,11H2,1H3,(H,24,34)(H,26,33,35). The SMILES string of the molecule is Cn1ccn2ncc(CNC(=O)c3cn(-c4ccc5c(c4)CN(C4CCC(=O)NC4=O)C5=O)nn3)c12. The van der Waals surface area contributed by atoms with Gasteiger partial charge in [-0.15, -0.1) is 5.10 Å². The first kappa shape index (κ1) is 21.7. The molecule has 1 fully saturated rings. The number of rotatable bonds is 5. The van der Waals surface area contributed by atoms with Gasteiger partial charge < -0.3 is 14.8 Å². The zero-order valence-corrected chi connectivity index (χ0v) is 19.2. The van der Waals surface area contributed by atoms with Crippen molar-refractivity contribution in [1.29, 1.82) is 0 Å². The van der Waals surface area contributed by atoms with Gasteiger partial charge in [0.1, 0.15) is 11.7 Å². The minimum atomic E-state index is -0.680. The van der Waals surface area contributed by atoms with E-state index >= 15 is 0 Å². The van der Waals surface area contributed by atoms with Crippen LogP contribution in [0.2, 0.25) is 0 Å². The van der Waals surface area contributed by atoms with Gasteiger partial charge in [-0.1, -0.05) is 5.21 Å². The fourth-order valence-electron chi connectivity index (χ4n) is 4.71. The van der Waals surface area contributed by atoms with Gasteiger partial charge in [-0.2, -0.15) is 5.10 Å². The maximum absolute atomic E-state index is 12.9. The van der Waals surface area contributed by atoms with E-state index in [1.54, 1.807) is 28.9 Å². The molecule has 182 valence electrons. The monoisotopic (exact) mass is 487 g/mol. The minimum Gasteiger partial charge on any atom is -0.346 e. The Morgan fingerprint density at radius 1 is 1.22 bits per heavy atom. The van der Waals surface area contributed by atoms with Gasteiger partial charge in [-0.05, 0) is 30.2 Å². The third-order valence-electron chi connectivity index (χ3n) is 6.54. The van der Waals surface area contributed by atoms with Gasteiger partial charge in [0.25, 0.3) is 11.8 Å². The molecule has 36 heavy (non-hydrogen) atoms. The highest BCUT2D eigenvalue weighted by Gasteiger charge is 2.39. The van der Waals surface area contributed by atoms with Crippen LogP contribution < -0.4 is 10.6 Å². The van der Waals surface area contributed by atoms with Crippen LogP contribution in [0.5, 0.6) is 0 Å². The summed E-state index contributed by atoms with van der Waals surface area (Å²) in [6.07, 6.45) is 7.43. The number of imide groups is 1. The third-order valence-corrected chi connectivity index (χ3v) is 6.54. The van der Waals surface area contributed by atoms with Crippen molar-refractivity contribution in [1.82, 2.24) is 44.7 Å². The Labute approximate surface area is 203 Å². The largest absolute Gasteiger partial charge is 0.346 e. The number of amides is 4. The molecular formula is C23H21N9O4. The Bertz CT molecular complexity index is 1560. The number of benzene rings is 1. The van der Waals surface area contributed by atoms with Gasteiger partial charge >= 0.3 is 0 Å². The first-order valence-corrected chi connectivity index (χ1v) is 11.3. The second kappa shape index (κ2) is 8.15. The molecule has 1 aromatic carbocycles. The fourth-order valence-corrected chi connectivity index (χ4v) is 4.71. The van der Waals surface area contributed by atoms with E-state index in [9.17, 15) is 19.2 Å². The van der Waals surface area contributed by atoms with Crippen molar-refractivity contribution in [2.45, 2.75) is 32.0 Å². The van der Waals surface area contributed by atoms with Crippen molar-refractivity contribution < 1.29 is 19.2 Å². The Balaban J connectivity index is 1.16. The van der Waals surface area contributed by atoms with Crippen molar-refractivity contribution in [3.63, 3.8) is 0 Å². The van der Waals surface area contributed by atoms with Crippen LogP contribution >= 0.6 is 0 Å². The summed E-state index contributed by atoms with van der Waals surface area (Å²) in [5.74, 6) is -1.41. The summed E-state index contributed by atoms with van der Waals surface area (Å²) in [5, 5.41) is 17.4. The number of carbonyl (C=O) groups is 4. The summed E-state index contributed by atoms with van der Waals surface area (Å²) in [6, 6.07) is 4.49. The number of nitrogens with zero attached hydrogens (tertiary/aromatic N) is 7. The lowest BCUT2D eigenvalue weighted by Gasteiger charge is -2.29. The van der Waals surface area contributed by atoms with Gasteiger partial charge in [0, 0.05) is 50.1 Å². The number of aromatic nitrogens is 6. The molecule has 6 rings (SSSR count). The number of fused-ring (bicyclic) bond motifs is 2. The quantitative estimate of drug-likeness (QED) is 0.375. The highest BCUT2D eigenvalue weighted by Crippen LogP contribution is 2.29. The second-order valence-corrected chi connectivity index (χ2v) is 8.82. The Kier molecular flexibility index (Phi) is 4.91. The molecule has 13 heteroatoms. The molecule has 0 aliphatic carbocycles. The molecule has 1 saturated heterocycles. The molecule has 0 bridgehead atoms. The highest BCUT2D eigenvalue weighted by atomic mass is 16.2. The lowest BCUT2D eigenvalue weighted by atomic mass is 10.0. The molecule has 0 radical (unpaired) electrons. The molecule has 2 aliphatic rings. The molecule has 4 amide bonds. The molecule has 5 heterocycles. The average Bonchev–Trinajstić information content (AvgIpc) is 3.64. The molecule has 2 aliphatic heterocycles. The molecular weight excluding hydrogens is 466 g/mol. The second-order valence-electron chi connectivity index (χ2n) is 8.82. The summed E-state index contributed by atoms with van der Waals surface area (Å²) in [6.45, 7) is 0.528. The molecule has 2 N–H and O–H groups in total. The number of hydrogen-bond donors (Lipinski definition) is 2. The number of carbonyl (C=O) groups excluding carboxylic acids is 4. The zero-order valence-electron chi connectivity index (χ0n) is 19.2. The van der Waals surface area contributed by atoms with E-state index in [-0.39, 0.29) is 42.9 Å². The van der Waals surface area contributed by atoms with E-state index in [2.05, 4.69) is 26.0 Å². The minimum absolute atomic E-state index is 0.145. The maximum Gasteiger partial charge on any atom is 0.273 e. The van der Waals surface area contributed by atoms with Gasteiger partial charge in [0.2, 0.25) is 11.8 Å². The van der Waals surface area contributed by atoms with E-state index in [1.807, 2.05) is 24.0 Å². The smallest absolute Gasteiger partial charge is 0.273 e. The molecule has 13 nitrogen and oxygen atoms in total. The fraction of sp³-hybridized carbons (Fsp3) is 0.261. The van der Waals surface area contributed by atoms with Crippen LogP contribution in [0, 0.1) is 0 Å². The summed E-state index contributed by atoms with van der Waals surface area (Å²) in [5.41, 5.74) is 3.75. The molecule has 4 aromatic rings. The van der Waals surface area contributed by atoms with E-state index < -0.39 is 11.9 Å². The lowest BCUT2D eigenvalue weighted by Crippen LogP contribution is -2.52. The first-order chi connectivity index (χ1) is 17.4. The number of aryl methyl sites for hydroxylation is 1. The van der Waals surface area contributed by atoms with Crippen LogP contribution in [0.25, 0.3) is 11.3 Å². The molecule has 0 saturated carbocycles. The van der Waals surface area contributed by atoms with Gasteiger partial charge in [0.05, 0.1) is 18.1 Å². The Morgan fingerprint density at radius 2 is 2.08 bits per heavy atom.